The van der Waals surface area contributed by atoms with E-state index in [1.807, 2.05) is 22.7 Å². The van der Waals surface area contributed by atoms with Gasteiger partial charge in [0.2, 0.25) is 0 Å². The van der Waals surface area contributed by atoms with E-state index in [9.17, 15) is 4.79 Å². The molecular formula is C9H19NO2S2. The number of carbonyl (C=O) groups is 1. The van der Waals surface area contributed by atoms with Crippen molar-refractivity contribution in [1.29, 1.82) is 0 Å². The summed E-state index contributed by atoms with van der Waals surface area (Å²) in [6, 6.07) is -0.0787. The van der Waals surface area contributed by atoms with Crippen LogP contribution in [0.3, 0.4) is 0 Å². The molecule has 1 unspecified atom stereocenters. The van der Waals surface area contributed by atoms with Crippen LogP contribution in [-0.4, -0.2) is 47.1 Å². The van der Waals surface area contributed by atoms with Crippen molar-refractivity contribution in [3.8, 4) is 0 Å². The maximum atomic E-state index is 10.7. The summed E-state index contributed by atoms with van der Waals surface area (Å²) in [5, 5.41) is 8.82. The third kappa shape index (κ3) is 5.12. The molecule has 0 amide bonds. The third-order valence-electron chi connectivity index (χ3n) is 2.40. The molecule has 0 fully saturated rings. The summed E-state index contributed by atoms with van der Waals surface area (Å²) in [6.45, 7) is 3.79. The number of nitrogens with zero attached hydrogens (tertiary/aromatic N) is 1. The number of carboxylic acids is 1. The van der Waals surface area contributed by atoms with Crippen LogP contribution in [0.25, 0.3) is 0 Å². The van der Waals surface area contributed by atoms with Gasteiger partial charge < -0.3 is 5.11 Å². The zero-order valence-corrected chi connectivity index (χ0v) is 10.8. The average Bonchev–Trinajstić information content (AvgIpc) is 2.15. The molecule has 0 radical (unpaired) electrons. The van der Waals surface area contributed by atoms with Crippen LogP contribution in [0.5, 0.6) is 0 Å². The van der Waals surface area contributed by atoms with Gasteiger partial charge in [0.1, 0.15) is 6.04 Å². The van der Waals surface area contributed by atoms with Crippen LogP contribution in [0.1, 0.15) is 20.3 Å². The van der Waals surface area contributed by atoms with Gasteiger partial charge in [-0.3, -0.25) is 9.69 Å². The Kier molecular flexibility index (Phi) is 7.49. The molecule has 0 aromatic rings. The first-order valence-corrected chi connectivity index (χ1v) is 7.33. The molecule has 3 nitrogen and oxygen atoms in total. The third-order valence-corrected chi connectivity index (χ3v) is 4.25. The maximum absolute atomic E-state index is 10.7. The van der Waals surface area contributed by atoms with E-state index >= 15 is 0 Å². The molecule has 0 aromatic carbocycles. The monoisotopic (exact) mass is 237 g/mol. The molecule has 0 rings (SSSR count). The first-order chi connectivity index (χ1) is 6.50. The van der Waals surface area contributed by atoms with Gasteiger partial charge in [0.05, 0.1) is 0 Å². The van der Waals surface area contributed by atoms with Gasteiger partial charge in [0.25, 0.3) is 0 Å². The Morgan fingerprint density at radius 2 is 2.07 bits per heavy atom. The van der Waals surface area contributed by atoms with E-state index in [4.69, 9.17) is 5.11 Å². The molecule has 2 atom stereocenters. The summed E-state index contributed by atoms with van der Waals surface area (Å²) < 4.78 is 0. The van der Waals surface area contributed by atoms with Gasteiger partial charge in [-0.2, -0.15) is 0 Å². The Bertz CT molecular complexity index is 178. The van der Waals surface area contributed by atoms with Gasteiger partial charge in [-0.05, 0) is 33.6 Å². The predicted molar refractivity (Wildman–Crippen MR) is 64.9 cm³/mol. The molecule has 0 saturated heterocycles. The highest BCUT2D eigenvalue weighted by molar-refractivity contribution is 8.76. The lowest BCUT2D eigenvalue weighted by molar-refractivity contribution is -0.142. The first-order valence-electron chi connectivity index (χ1n) is 4.61. The number of carboxylic acid groups (broad SMARTS) is 1. The van der Waals surface area contributed by atoms with Crippen molar-refractivity contribution in [2.24, 2.45) is 0 Å². The molecule has 0 aliphatic carbocycles. The first kappa shape index (κ1) is 14.1. The SMILES string of the molecule is CSSCCC(C)N(C)[C@@H](C)C(=O)O. The van der Waals surface area contributed by atoms with E-state index < -0.39 is 12.0 Å². The van der Waals surface area contributed by atoms with E-state index in [0.717, 1.165) is 12.2 Å². The van der Waals surface area contributed by atoms with Crippen LogP contribution >= 0.6 is 21.6 Å². The van der Waals surface area contributed by atoms with Crippen LogP contribution in [0.2, 0.25) is 0 Å². The molecule has 14 heavy (non-hydrogen) atoms. The van der Waals surface area contributed by atoms with Gasteiger partial charge in [-0.1, -0.05) is 21.6 Å². The number of hydrogen-bond acceptors (Lipinski definition) is 4. The summed E-state index contributed by atoms with van der Waals surface area (Å²) in [6.07, 6.45) is 3.08. The lowest BCUT2D eigenvalue weighted by atomic mass is 10.2. The molecule has 0 bridgehead atoms. The van der Waals surface area contributed by atoms with Crippen LogP contribution < -0.4 is 0 Å². The molecule has 84 valence electrons. The van der Waals surface area contributed by atoms with Gasteiger partial charge in [-0.25, -0.2) is 0 Å². The Hall–Kier alpha value is 0.130. The fraction of sp³-hybridized carbons (Fsp3) is 0.889. The standard InChI is InChI=1S/C9H19NO2S2/c1-7(5-6-14-13-4)10(3)8(2)9(11)12/h7-8H,5-6H2,1-4H3,(H,11,12)/t7?,8-/m0/s1. The fourth-order valence-electron chi connectivity index (χ4n) is 1.06. The smallest absolute Gasteiger partial charge is 0.320 e. The second-order valence-electron chi connectivity index (χ2n) is 3.31. The molecule has 0 aliphatic rings. The van der Waals surface area contributed by atoms with Crippen LogP contribution in [0, 0.1) is 0 Å². The number of aliphatic carboxylic acids is 1. The van der Waals surface area contributed by atoms with Gasteiger partial charge >= 0.3 is 5.97 Å². The Morgan fingerprint density at radius 3 is 2.50 bits per heavy atom. The van der Waals surface area contributed by atoms with E-state index in [1.54, 1.807) is 17.7 Å². The highest BCUT2D eigenvalue weighted by atomic mass is 33.1. The number of rotatable bonds is 7. The van der Waals surface area contributed by atoms with Crippen LogP contribution in [0.15, 0.2) is 0 Å². The minimum Gasteiger partial charge on any atom is -0.480 e. The number of likely N-dealkylation sites (N-methyl/N-ethyl adjacent to an activating group) is 1. The Balaban J connectivity index is 3.85. The van der Waals surface area contributed by atoms with Crippen molar-refractivity contribution < 1.29 is 9.90 Å². The largest absolute Gasteiger partial charge is 0.480 e. The predicted octanol–water partition coefficient (Wildman–Crippen LogP) is 2.18. The molecule has 0 heterocycles. The second kappa shape index (κ2) is 7.43. The summed E-state index contributed by atoms with van der Waals surface area (Å²) >= 11 is 0. The van der Waals surface area contributed by atoms with Crippen LogP contribution in [-0.2, 0) is 4.79 Å². The molecule has 5 heteroatoms. The Labute approximate surface area is 94.0 Å². The maximum Gasteiger partial charge on any atom is 0.320 e. The fourth-order valence-corrected chi connectivity index (χ4v) is 2.45. The summed E-state index contributed by atoms with van der Waals surface area (Å²) in [5.74, 6) is 0.316. The molecule has 0 aliphatic heterocycles. The molecule has 1 N–H and O–H groups in total. The van der Waals surface area contributed by atoms with Crippen molar-refractivity contribution in [2.75, 3.05) is 19.1 Å². The van der Waals surface area contributed by atoms with Crippen molar-refractivity contribution in [2.45, 2.75) is 32.4 Å². The van der Waals surface area contributed by atoms with E-state index in [1.165, 1.54) is 0 Å². The summed E-state index contributed by atoms with van der Waals surface area (Å²) in [4.78, 5) is 12.6. The molecule has 0 aromatic heterocycles. The summed E-state index contributed by atoms with van der Waals surface area (Å²) in [5.41, 5.74) is 0. The minimum atomic E-state index is -0.753. The summed E-state index contributed by atoms with van der Waals surface area (Å²) in [7, 11) is 5.44. The second-order valence-corrected chi connectivity index (χ2v) is 5.99. The van der Waals surface area contributed by atoms with Crippen molar-refractivity contribution in [3.05, 3.63) is 0 Å². The minimum absolute atomic E-state index is 0.320. The lowest BCUT2D eigenvalue weighted by Crippen LogP contribution is -2.41. The number of hydrogen-bond donors (Lipinski definition) is 1. The normalized spacial score (nSPS) is 15.5. The molecule has 0 saturated carbocycles. The van der Waals surface area contributed by atoms with Gasteiger partial charge in [-0.15, -0.1) is 0 Å². The van der Waals surface area contributed by atoms with E-state index in [-0.39, 0.29) is 0 Å². The van der Waals surface area contributed by atoms with Gasteiger partial charge in [0, 0.05) is 11.8 Å². The van der Waals surface area contributed by atoms with E-state index in [2.05, 4.69) is 13.2 Å². The average molecular weight is 237 g/mol. The highest BCUT2D eigenvalue weighted by Gasteiger charge is 2.20. The van der Waals surface area contributed by atoms with Crippen molar-refractivity contribution >= 4 is 27.6 Å². The van der Waals surface area contributed by atoms with Crippen LogP contribution in [0.4, 0.5) is 0 Å². The van der Waals surface area contributed by atoms with Gasteiger partial charge in [0.15, 0.2) is 0 Å². The quantitative estimate of drug-likeness (QED) is 0.543. The van der Waals surface area contributed by atoms with E-state index in [0.29, 0.717) is 6.04 Å². The van der Waals surface area contributed by atoms with Crippen molar-refractivity contribution in [1.82, 2.24) is 4.90 Å². The zero-order valence-electron chi connectivity index (χ0n) is 9.19. The molecular weight excluding hydrogens is 218 g/mol. The highest BCUT2D eigenvalue weighted by Crippen LogP contribution is 2.19. The Morgan fingerprint density at radius 1 is 1.50 bits per heavy atom. The van der Waals surface area contributed by atoms with Crippen molar-refractivity contribution in [3.63, 3.8) is 0 Å². The molecule has 0 spiro atoms. The lowest BCUT2D eigenvalue weighted by Gasteiger charge is -2.27. The topological polar surface area (TPSA) is 40.5 Å². The zero-order chi connectivity index (χ0) is 11.1.